The molecule has 0 amide bonds. The normalized spacial score (nSPS) is 19.7. The number of likely N-dealkylation sites (tertiary alicyclic amines) is 1. The van der Waals surface area contributed by atoms with Crippen molar-refractivity contribution in [3.8, 4) is 0 Å². The van der Waals surface area contributed by atoms with Crippen molar-refractivity contribution in [1.29, 1.82) is 0 Å². The molecule has 0 radical (unpaired) electrons. The van der Waals surface area contributed by atoms with Crippen LogP contribution in [0.25, 0.3) is 0 Å². The van der Waals surface area contributed by atoms with Gasteiger partial charge in [-0.1, -0.05) is 37.3 Å². The number of aliphatic imine (C=N–C) groups is 1. The molecule has 1 aromatic carbocycles. The molecule has 31 heavy (non-hydrogen) atoms. The highest BCUT2D eigenvalue weighted by molar-refractivity contribution is 14.0. The largest absolute Gasteiger partial charge is 0.356 e. The third-order valence-electron chi connectivity index (χ3n) is 6.35. The van der Waals surface area contributed by atoms with Gasteiger partial charge in [-0.05, 0) is 44.3 Å². The third-order valence-corrected chi connectivity index (χ3v) is 6.35. The minimum atomic E-state index is 0. The van der Waals surface area contributed by atoms with Crippen LogP contribution in [0.2, 0.25) is 0 Å². The van der Waals surface area contributed by atoms with Crippen LogP contribution in [-0.2, 0) is 6.54 Å². The van der Waals surface area contributed by atoms with Crippen molar-refractivity contribution in [2.24, 2.45) is 4.99 Å². The summed E-state index contributed by atoms with van der Waals surface area (Å²) in [6.07, 6.45) is 4.85. The average Bonchev–Trinajstić information content (AvgIpc) is 2.79. The number of nitrogens with one attached hydrogen (secondary N) is 2. The topological polar surface area (TPSA) is 46.1 Å². The smallest absolute Gasteiger partial charge is 0.191 e. The first-order chi connectivity index (χ1) is 14.8. The zero-order chi connectivity index (χ0) is 21.0. The van der Waals surface area contributed by atoms with Gasteiger partial charge in [0.1, 0.15) is 0 Å². The summed E-state index contributed by atoms with van der Waals surface area (Å²) < 4.78 is 0. The first kappa shape index (κ1) is 26.4. The van der Waals surface area contributed by atoms with Crippen molar-refractivity contribution >= 4 is 29.9 Å². The quantitative estimate of drug-likeness (QED) is 0.218. The molecule has 0 spiro atoms. The lowest BCUT2D eigenvalue weighted by Gasteiger charge is -2.35. The van der Waals surface area contributed by atoms with Crippen molar-refractivity contribution < 1.29 is 0 Å². The molecule has 0 bridgehead atoms. The van der Waals surface area contributed by atoms with Crippen molar-refractivity contribution in [1.82, 2.24) is 25.3 Å². The summed E-state index contributed by atoms with van der Waals surface area (Å²) in [4.78, 5) is 12.2. The van der Waals surface area contributed by atoms with E-state index < -0.39 is 0 Å². The zero-order valence-electron chi connectivity index (χ0n) is 19.6. The molecular weight excluding hydrogens is 499 g/mol. The van der Waals surface area contributed by atoms with Crippen molar-refractivity contribution in [2.75, 3.05) is 66.0 Å². The Bertz CT molecular complexity index is 610. The number of piperazine rings is 1. The molecule has 6 nitrogen and oxygen atoms in total. The maximum atomic E-state index is 4.43. The van der Waals surface area contributed by atoms with E-state index in [0.29, 0.717) is 6.04 Å². The Morgan fingerprint density at radius 3 is 2.23 bits per heavy atom. The van der Waals surface area contributed by atoms with Gasteiger partial charge in [-0.3, -0.25) is 9.89 Å². The molecule has 0 atom stereocenters. The second-order valence-electron chi connectivity index (χ2n) is 8.72. The Balaban J connectivity index is 0.00000341. The van der Waals surface area contributed by atoms with Gasteiger partial charge in [-0.2, -0.15) is 0 Å². The summed E-state index contributed by atoms with van der Waals surface area (Å²) >= 11 is 0. The van der Waals surface area contributed by atoms with Gasteiger partial charge in [0.15, 0.2) is 5.96 Å². The molecule has 2 aliphatic rings. The fourth-order valence-corrected chi connectivity index (χ4v) is 4.53. The number of halogens is 1. The summed E-state index contributed by atoms with van der Waals surface area (Å²) in [5.74, 6) is 0.969. The lowest BCUT2D eigenvalue weighted by molar-refractivity contribution is 0.126. The fraction of sp³-hybridized carbons (Fsp3) is 0.708. The van der Waals surface area contributed by atoms with Crippen LogP contribution in [0.1, 0.15) is 38.2 Å². The van der Waals surface area contributed by atoms with Crippen molar-refractivity contribution in [3.63, 3.8) is 0 Å². The van der Waals surface area contributed by atoms with E-state index in [-0.39, 0.29) is 24.0 Å². The van der Waals surface area contributed by atoms with Gasteiger partial charge >= 0.3 is 0 Å². The average molecular weight is 543 g/mol. The van der Waals surface area contributed by atoms with E-state index in [9.17, 15) is 0 Å². The fourth-order valence-electron chi connectivity index (χ4n) is 4.53. The van der Waals surface area contributed by atoms with Gasteiger partial charge in [0.2, 0.25) is 0 Å². The van der Waals surface area contributed by atoms with Gasteiger partial charge in [-0.15, -0.1) is 24.0 Å². The van der Waals surface area contributed by atoms with Crippen molar-refractivity contribution in [3.05, 3.63) is 35.9 Å². The Kier molecular flexibility index (Phi) is 12.8. The van der Waals surface area contributed by atoms with Gasteiger partial charge in [0.25, 0.3) is 0 Å². The molecular formula is C24H43IN6. The lowest BCUT2D eigenvalue weighted by atomic mass is 10.1. The number of benzene rings is 1. The van der Waals surface area contributed by atoms with Crippen LogP contribution in [0, 0.1) is 0 Å². The van der Waals surface area contributed by atoms with Crippen molar-refractivity contribution in [2.45, 2.75) is 45.2 Å². The molecule has 2 saturated heterocycles. The highest BCUT2D eigenvalue weighted by Crippen LogP contribution is 2.11. The number of rotatable bonds is 9. The molecule has 2 fully saturated rings. The Morgan fingerprint density at radius 2 is 1.58 bits per heavy atom. The van der Waals surface area contributed by atoms with Gasteiger partial charge in [0, 0.05) is 65.4 Å². The second-order valence-corrected chi connectivity index (χ2v) is 8.72. The number of hydrogen-bond donors (Lipinski definition) is 2. The Morgan fingerprint density at radius 1 is 0.935 bits per heavy atom. The summed E-state index contributed by atoms with van der Waals surface area (Å²) in [6, 6.07) is 11.4. The molecule has 2 aliphatic heterocycles. The highest BCUT2D eigenvalue weighted by atomic mass is 127. The van der Waals surface area contributed by atoms with Gasteiger partial charge in [0.05, 0.1) is 0 Å². The molecule has 7 heteroatoms. The summed E-state index contributed by atoms with van der Waals surface area (Å²) in [7, 11) is 1.88. The zero-order valence-corrected chi connectivity index (χ0v) is 21.9. The minimum absolute atomic E-state index is 0. The molecule has 0 aromatic heterocycles. The number of piperidine rings is 1. The van der Waals surface area contributed by atoms with Crippen LogP contribution < -0.4 is 10.6 Å². The van der Waals surface area contributed by atoms with E-state index in [1.165, 1.54) is 77.2 Å². The molecule has 176 valence electrons. The molecule has 0 aliphatic carbocycles. The lowest BCUT2D eigenvalue weighted by Crippen LogP contribution is -2.49. The van der Waals surface area contributed by atoms with Crippen LogP contribution in [0.5, 0.6) is 0 Å². The van der Waals surface area contributed by atoms with Crippen LogP contribution in [0.15, 0.2) is 35.3 Å². The highest BCUT2D eigenvalue weighted by Gasteiger charge is 2.19. The molecule has 0 unspecified atom stereocenters. The van der Waals surface area contributed by atoms with E-state index in [1.54, 1.807) is 0 Å². The van der Waals surface area contributed by atoms with Crippen LogP contribution in [-0.4, -0.2) is 92.7 Å². The molecule has 2 N–H and O–H groups in total. The SMILES string of the molecule is CCCN1CCC(NC(=NC)NCCCN2CCN(Cc3ccccc3)CC2)CC1.I. The monoisotopic (exact) mass is 542 g/mol. The van der Waals surface area contributed by atoms with Crippen LogP contribution >= 0.6 is 24.0 Å². The van der Waals surface area contributed by atoms with Crippen LogP contribution in [0.4, 0.5) is 0 Å². The van der Waals surface area contributed by atoms with E-state index in [0.717, 1.165) is 25.5 Å². The molecule has 0 saturated carbocycles. The standard InChI is InChI=1S/C24H42N6.HI/c1-3-13-28-15-10-23(11-16-28)27-24(25-2)26-12-7-14-29-17-19-30(20-18-29)21-22-8-5-4-6-9-22;/h4-6,8-9,23H,3,7,10-21H2,1-2H3,(H2,25,26,27);1H. The molecule has 3 rings (SSSR count). The third kappa shape index (κ3) is 9.63. The first-order valence-electron chi connectivity index (χ1n) is 11.9. The van der Waals surface area contributed by atoms with E-state index in [2.05, 4.69) is 67.6 Å². The number of hydrogen-bond acceptors (Lipinski definition) is 4. The van der Waals surface area contributed by atoms with Crippen LogP contribution in [0.3, 0.4) is 0 Å². The van der Waals surface area contributed by atoms with Gasteiger partial charge in [-0.25, -0.2) is 0 Å². The van der Waals surface area contributed by atoms with E-state index in [1.807, 2.05) is 7.05 Å². The Hall–Kier alpha value is -0.900. The summed E-state index contributed by atoms with van der Waals surface area (Å²) in [5, 5.41) is 7.15. The minimum Gasteiger partial charge on any atom is -0.356 e. The maximum absolute atomic E-state index is 4.43. The molecule has 1 aromatic rings. The maximum Gasteiger partial charge on any atom is 0.191 e. The predicted molar refractivity (Wildman–Crippen MR) is 142 cm³/mol. The van der Waals surface area contributed by atoms with Gasteiger partial charge < -0.3 is 20.4 Å². The first-order valence-corrected chi connectivity index (χ1v) is 11.9. The summed E-state index contributed by atoms with van der Waals surface area (Å²) in [6.45, 7) is 13.8. The molecule has 2 heterocycles. The predicted octanol–water partition coefficient (Wildman–Crippen LogP) is 2.85. The number of guanidine groups is 1. The number of nitrogens with zero attached hydrogens (tertiary/aromatic N) is 4. The second kappa shape index (κ2) is 15.0. The van der Waals surface area contributed by atoms with E-state index in [4.69, 9.17) is 0 Å². The Labute approximate surface area is 206 Å². The summed E-state index contributed by atoms with van der Waals surface area (Å²) in [5.41, 5.74) is 1.42. The van der Waals surface area contributed by atoms with E-state index >= 15 is 0 Å².